The van der Waals surface area contributed by atoms with Crippen LogP contribution in [0, 0.1) is 0 Å². The Kier molecular flexibility index (Phi) is 6.54. The first-order valence-electron chi connectivity index (χ1n) is 9.77. The van der Waals surface area contributed by atoms with Gasteiger partial charge in [0.15, 0.2) is 5.76 Å². The number of hydrogen-bond donors (Lipinski definition) is 2. The molecular weight excluding hydrogens is 372 g/mol. The van der Waals surface area contributed by atoms with Crippen molar-refractivity contribution in [1.29, 1.82) is 0 Å². The summed E-state index contributed by atoms with van der Waals surface area (Å²) in [6, 6.07) is 9.98. The van der Waals surface area contributed by atoms with E-state index >= 15 is 0 Å². The number of urea groups is 1. The van der Waals surface area contributed by atoms with Crippen LogP contribution in [0.5, 0.6) is 0 Å². The van der Waals surface area contributed by atoms with Crippen LogP contribution in [-0.4, -0.2) is 59.9 Å². The molecule has 0 aliphatic carbocycles. The normalized spacial score (nSPS) is 15.0. The molecule has 1 unspecified atom stereocenters. The molecule has 154 valence electrons. The van der Waals surface area contributed by atoms with E-state index in [1.807, 2.05) is 13.8 Å². The van der Waals surface area contributed by atoms with Crippen molar-refractivity contribution in [2.24, 2.45) is 0 Å². The number of anilines is 1. The van der Waals surface area contributed by atoms with Gasteiger partial charge in [0, 0.05) is 43.5 Å². The molecule has 1 atom stereocenters. The summed E-state index contributed by atoms with van der Waals surface area (Å²) >= 11 is 0. The number of hydrogen-bond acceptors (Lipinski definition) is 4. The summed E-state index contributed by atoms with van der Waals surface area (Å²) in [5.74, 6) is 0.0104. The zero-order chi connectivity index (χ0) is 20.8. The van der Waals surface area contributed by atoms with Gasteiger partial charge in [-0.25, -0.2) is 4.79 Å². The predicted molar refractivity (Wildman–Crippen MR) is 109 cm³/mol. The Labute approximate surface area is 169 Å². The fraction of sp³-hybridized carbons (Fsp3) is 0.381. The minimum Gasteiger partial charge on any atom is -0.459 e. The summed E-state index contributed by atoms with van der Waals surface area (Å²) in [7, 11) is 0. The van der Waals surface area contributed by atoms with Crippen LogP contribution in [-0.2, 0) is 0 Å². The molecule has 8 heteroatoms. The highest BCUT2D eigenvalue weighted by Gasteiger charge is 2.26. The number of piperazine rings is 1. The number of carbonyl (C=O) groups is 3. The molecule has 8 nitrogen and oxygen atoms in total. The molecule has 1 aromatic carbocycles. The molecule has 2 N–H and O–H groups in total. The largest absolute Gasteiger partial charge is 0.459 e. The number of furan rings is 1. The summed E-state index contributed by atoms with van der Waals surface area (Å²) < 4.78 is 5.14. The highest BCUT2D eigenvalue weighted by atomic mass is 16.3. The van der Waals surface area contributed by atoms with Gasteiger partial charge in [0.2, 0.25) is 0 Å². The van der Waals surface area contributed by atoms with Crippen molar-refractivity contribution >= 4 is 23.5 Å². The molecule has 1 aliphatic rings. The molecule has 0 bridgehead atoms. The molecule has 29 heavy (non-hydrogen) atoms. The molecule has 2 heterocycles. The highest BCUT2D eigenvalue weighted by molar-refractivity contribution is 5.96. The monoisotopic (exact) mass is 398 g/mol. The maximum absolute atomic E-state index is 12.5. The van der Waals surface area contributed by atoms with Crippen molar-refractivity contribution in [3.63, 3.8) is 0 Å². The van der Waals surface area contributed by atoms with Gasteiger partial charge >= 0.3 is 6.03 Å². The number of nitrogens with one attached hydrogen (secondary N) is 2. The van der Waals surface area contributed by atoms with E-state index in [2.05, 4.69) is 10.6 Å². The van der Waals surface area contributed by atoms with Gasteiger partial charge < -0.3 is 24.9 Å². The van der Waals surface area contributed by atoms with Gasteiger partial charge in [0.05, 0.1) is 6.26 Å². The number of benzene rings is 1. The first-order valence-corrected chi connectivity index (χ1v) is 9.77. The van der Waals surface area contributed by atoms with Gasteiger partial charge in [-0.1, -0.05) is 6.92 Å². The molecule has 0 spiro atoms. The van der Waals surface area contributed by atoms with Crippen molar-refractivity contribution < 1.29 is 18.8 Å². The van der Waals surface area contributed by atoms with E-state index in [0.717, 1.165) is 6.42 Å². The third-order valence-corrected chi connectivity index (χ3v) is 4.97. The average molecular weight is 398 g/mol. The zero-order valence-electron chi connectivity index (χ0n) is 16.7. The van der Waals surface area contributed by atoms with Crippen LogP contribution in [0.25, 0.3) is 0 Å². The van der Waals surface area contributed by atoms with E-state index in [1.54, 1.807) is 46.2 Å². The Morgan fingerprint density at radius 2 is 1.69 bits per heavy atom. The summed E-state index contributed by atoms with van der Waals surface area (Å²) in [5, 5.41) is 5.74. The highest BCUT2D eigenvalue weighted by Crippen LogP contribution is 2.13. The van der Waals surface area contributed by atoms with E-state index in [1.165, 1.54) is 6.26 Å². The van der Waals surface area contributed by atoms with Gasteiger partial charge in [-0.05, 0) is 49.7 Å². The van der Waals surface area contributed by atoms with Gasteiger partial charge in [-0.15, -0.1) is 0 Å². The summed E-state index contributed by atoms with van der Waals surface area (Å²) in [6.45, 7) is 5.73. The predicted octanol–water partition coefficient (Wildman–Crippen LogP) is 2.80. The molecule has 1 aliphatic heterocycles. The van der Waals surface area contributed by atoms with E-state index in [-0.39, 0.29) is 23.9 Å². The van der Waals surface area contributed by atoms with E-state index in [4.69, 9.17) is 4.42 Å². The fourth-order valence-electron chi connectivity index (χ4n) is 2.99. The van der Waals surface area contributed by atoms with E-state index < -0.39 is 0 Å². The Balaban J connectivity index is 1.49. The SMILES string of the molecule is CCC(C)NC(=O)c1ccc(NC(=O)N2CCN(C(=O)c3ccco3)CC2)cc1. The van der Waals surface area contributed by atoms with Crippen molar-refractivity contribution in [2.75, 3.05) is 31.5 Å². The smallest absolute Gasteiger partial charge is 0.321 e. The number of amides is 4. The lowest BCUT2D eigenvalue weighted by Crippen LogP contribution is -2.51. The molecule has 1 saturated heterocycles. The second-order valence-corrected chi connectivity index (χ2v) is 7.05. The van der Waals surface area contributed by atoms with Crippen LogP contribution in [0.2, 0.25) is 0 Å². The maximum atomic E-state index is 12.5. The van der Waals surface area contributed by atoms with Crippen LogP contribution in [0.1, 0.15) is 41.2 Å². The molecule has 2 aromatic rings. The van der Waals surface area contributed by atoms with Crippen molar-refractivity contribution in [3.8, 4) is 0 Å². The molecule has 0 saturated carbocycles. The van der Waals surface area contributed by atoms with Crippen molar-refractivity contribution in [1.82, 2.24) is 15.1 Å². The standard InChI is InChI=1S/C21H26N4O4/c1-3-15(2)22-19(26)16-6-8-17(9-7-16)23-21(28)25-12-10-24(11-13-25)20(27)18-5-4-14-29-18/h4-9,14-15H,3,10-13H2,1-2H3,(H,22,26)(H,23,28). The van der Waals surface area contributed by atoms with Crippen LogP contribution < -0.4 is 10.6 Å². The minimum absolute atomic E-state index is 0.111. The molecule has 4 amide bonds. The number of nitrogens with zero attached hydrogens (tertiary/aromatic N) is 2. The van der Waals surface area contributed by atoms with E-state index in [0.29, 0.717) is 43.2 Å². The second-order valence-electron chi connectivity index (χ2n) is 7.05. The van der Waals surface area contributed by atoms with Gasteiger partial charge in [0.25, 0.3) is 11.8 Å². The lowest BCUT2D eigenvalue weighted by Gasteiger charge is -2.34. The Morgan fingerprint density at radius 1 is 1.03 bits per heavy atom. The lowest BCUT2D eigenvalue weighted by molar-refractivity contribution is 0.0640. The average Bonchev–Trinajstić information content (AvgIpc) is 3.28. The summed E-state index contributed by atoms with van der Waals surface area (Å²) in [6.07, 6.45) is 2.33. The topological polar surface area (TPSA) is 94.9 Å². The van der Waals surface area contributed by atoms with Crippen LogP contribution >= 0.6 is 0 Å². The zero-order valence-corrected chi connectivity index (χ0v) is 16.7. The minimum atomic E-state index is -0.230. The fourth-order valence-corrected chi connectivity index (χ4v) is 2.99. The Hall–Kier alpha value is -3.29. The molecular formula is C21H26N4O4. The number of carbonyl (C=O) groups excluding carboxylic acids is 3. The maximum Gasteiger partial charge on any atom is 0.321 e. The molecule has 0 radical (unpaired) electrons. The first kappa shape index (κ1) is 20.4. The third-order valence-electron chi connectivity index (χ3n) is 4.97. The molecule has 1 fully saturated rings. The van der Waals surface area contributed by atoms with Crippen LogP contribution in [0.3, 0.4) is 0 Å². The van der Waals surface area contributed by atoms with Crippen LogP contribution in [0.4, 0.5) is 10.5 Å². The van der Waals surface area contributed by atoms with Crippen molar-refractivity contribution in [2.45, 2.75) is 26.3 Å². The lowest BCUT2D eigenvalue weighted by atomic mass is 10.1. The third kappa shape index (κ3) is 5.16. The molecule has 3 rings (SSSR count). The van der Waals surface area contributed by atoms with Gasteiger partial charge in [-0.2, -0.15) is 0 Å². The van der Waals surface area contributed by atoms with Gasteiger partial charge in [-0.3, -0.25) is 9.59 Å². The number of rotatable bonds is 5. The quantitative estimate of drug-likeness (QED) is 0.810. The Morgan fingerprint density at radius 3 is 2.28 bits per heavy atom. The first-order chi connectivity index (χ1) is 14.0. The van der Waals surface area contributed by atoms with E-state index in [9.17, 15) is 14.4 Å². The van der Waals surface area contributed by atoms with Crippen molar-refractivity contribution in [3.05, 3.63) is 54.0 Å². The van der Waals surface area contributed by atoms with Crippen LogP contribution in [0.15, 0.2) is 47.1 Å². The second kappa shape index (κ2) is 9.27. The van der Waals surface area contributed by atoms with Gasteiger partial charge in [0.1, 0.15) is 0 Å². The summed E-state index contributed by atoms with van der Waals surface area (Å²) in [5.41, 5.74) is 1.16. The Bertz CT molecular complexity index is 840. The summed E-state index contributed by atoms with van der Waals surface area (Å²) in [4.78, 5) is 40.2. The molecule has 1 aromatic heterocycles.